The Balaban J connectivity index is 3.13. The fourth-order valence-corrected chi connectivity index (χ4v) is 3.58. The molecule has 0 aliphatic carbocycles. The van der Waals surface area contributed by atoms with Crippen LogP contribution in [0.3, 0.4) is 0 Å². The Morgan fingerprint density at radius 2 is 0.885 bits per heavy atom. The van der Waals surface area contributed by atoms with Crippen molar-refractivity contribution < 1.29 is 20.6 Å². The standard InChI is InChI=1S/C22H48NO3/c1-3-4-5-6-7-8-9-10-11-12-13-14-15-16-17-18-19-22(2)20-21-23(24,25)26/h22,24-26H,3-21H2,1-2H3/q+1. The molecule has 0 fully saturated rings. The van der Waals surface area contributed by atoms with Crippen LogP contribution in [0.4, 0.5) is 0 Å². The minimum atomic E-state index is -1.89. The van der Waals surface area contributed by atoms with Crippen LogP contribution in [-0.2, 0) is 0 Å². The number of nitrogens with zero attached hydrogens (tertiary/aromatic N) is 1. The van der Waals surface area contributed by atoms with Crippen LogP contribution in [0.5, 0.6) is 0 Å². The molecule has 26 heavy (non-hydrogen) atoms. The van der Waals surface area contributed by atoms with Gasteiger partial charge in [0.2, 0.25) is 0 Å². The SMILES string of the molecule is CCCCCCCCCCCCCCCCCCC(C)CC[N+](O)(O)O. The minimum absolute atomic E-state index is 0.0139. The summed E-state index contributed by atoms with van der Waals surface area (Å²) in [6.45, 7) is 4.38. The summed E-state index contributed by atoms with van der Waals surface area (Å²) in [5.41, 5.74) is 0. The van der Waals surface area contributed by atoms with Crippen LogP contribution in [0.25, 0.3) is 0 Å². The van der Waals surface area contributed by atoms with Crippen LogP contribution in [0.2, 0.25) is 0 Å². The first-order valence-electron chi connectivity index (χ1n) is 11.5. The van der Waals surface area contributed by atoms with E-state index >= 15 is 0 Å². The highest BCUT2D eigenvalue weighted by Crippen LogP contribution is 2.17. The lowest BCUT2D eigenvalue weighted by Gasteiger charge is -2.15. The molecule has 1 unspecified atom stereocenters. The minimum Gasteiger partial charge on any atom is -0.146 e. The van der Waals surface area contributed by atoms with Crippen molar-refractivity contribution in [1.29, 1.82) is 0 Å². The van der Waals surface area contributed by atoms with Gasteiger partial charge in [0.1, 0.15) is 0 Å². The van der Waals surface area contributed by atoms with Gasteiger partial charge in [0, 0.05) is 6.42 Å². The Morgan fingerprint density at radius 1 is 0.538 bits per heavy atom. The van der Waals surface area contributed by atoms with E-state index in [4.69, 9.17) is 15.6 Å². The quantitative estimate of drug-likeness (QED) is 0.116. The van der Waals surface area contributed by atoms with Crippen molar-refractivity contribution in [3.8, 4) is 0 Å². The third-order valence-electron chi connectivity index (χ3n) is 5.47. The number of rotatable bonds is 20. The predicted molar refractivity (Wildman–Crippen MR) is 108 cm³/mol. The number of hydrogen-bond acceptors (Lipinski definition) is 3. The van der Waals surface area contributed by atoms with E-state index in [-0.39, 0.29) is 6.54 Å². The lowest BCUT2D eigenvalue weighted by molar-refractivity contribution is -1.37. The Bertz CT molecular complexity index is 279. The summed E-state index contributed by atoms with van der Waals surface area (Å²) in [6.07, 6.45) is 23.9. The predicted octanol–water partition coefficient (Wildman–Crippen LogP) is 7.65. The van der Waals surface area contributed by atoms with Gasteiger partial charge >= 0.3 is 0 Å². The Kier molecular flexibility index (Phi) is 18.1. The highest BCUT2D eigenvalue weighted by Gasteiger charge is 2.19. The maximum atomic E-state index is 8.83. The molecular formula is C22H48NO3+. The van der Waals surface area contributed by atoms with Crippen molar-refractivity contribution in [3.05, 3.63) is 0 Å². The Labute approximate surface area is 163 Å². The van der Waals surface area contributed by atoms with E-state index in [0.29, 0.717) is 12.3 Å². The number of hydroxylamine groups is 3. The van der Waals surface area contributed by atoms with Crippen molar-refractivity contribution in [2.45, 2.75) is 129 Å². The van der Waals surface area contributed by atoms with Crippen LogP contribution in [0.1, 0.15) is 129 Å². The molecule has 0 aliphatic rings. The zero-order chi connectivity index (χ0) is 19.5. The molecule has 0 rings (SSSR count). The molecular weight excluding hydrogens is 326 g/mol. The second-order valence-electron chi connectivity index (χ2n) is 8.40. The molecule has 0 saturated heterocycles. The maximum Gasteiger partial charge on any atom is 0.177 e. The van der Waals surface area contributed by atoms with Crippen LogP contribution < -0.4 is 0 Å². The van der Waals surface area contributed by atoms with Crippen molar-refractivity contribution in [3.63, 3.8) is 0 Å². The summed E-state index contributed by atoms with van der Waals surface area (Å²) < 4.78 is 0. The van der Waals surface area contributed by atoms with E-state index in [2.05, 4.69) is 13.8 Å². The summed E-state index contributed by atoms with van der Waals surface area (Å²) in [7, 11) is 0. The number of hydrogen-bond donors (Lipinski definition) is 3. The molecule has 0 spiro atoms. The van der Waals surface area contributed by atoms with E-state index in [9.17, 15) is 0 Å². The smallest absolute Gasteiger partial charge is 0.146 e. The average molecular weight is 375 g/mol. The zero-order valence-corrected chi connectivity index (χ0v) is 17.8. The average Bonchev–Trinajstić information content (AvgIpc) is 2.59. The molecule has 0 saturated carbocycles. The van der Waals surface area contributed by atoms with Crippen molar-refractivity contribution >= 4 is 0 Å². The second kappa shape index (κ2) is 18.2. The molecule has 1 atom stereocenters. The van der Waals surface area contributed by atoms with Gasteiger partial charge in [-0.25, -0.2) is 0 Å². The van der Waals surface area contributed by atoms with Crippen LogP contribution in [0, 0.1) is 5.92 Å². The first-order chi connectivity index (χ1) is 12.5. The molecule has 0 heterocycles. The van der Waals surface area contributed by atoms with Gasteiger partial charge in [0.05, 0.1) is 4.97 Å². The molecule has 0 radical (unpaired) electrons. The van der Waals surface area contributed by atoms with Gasteiger partial charge in [0.15, 0.2) is 6.54 Å². The van der Waals surface area contributed by atoms with Crippen molar-refractivity contribution in [1.82, 2.24) is 0 Å². The number of unbranched alkanes of at least 4 members (excludes halogenated alkanes) is 15. The van der Waals surface area contributed by atoms with E-state index < -0.39 is 4.97 Å². The van der Waals surface area contributed by atoms with E-state index in [1.165, 1.54) is 103 Å². The van der Waals surface area contributed by atoms with Crippen LogP contribution >= 0.6 is 0 Å². The molecule has 0 bridgehead atoms. The summed E-state index contributed by atoms with van der Waals surface area (Å²) >= 11 is 0. The lowest BCUT2D eigenvalue weighted by atomic mass is 9.98. The highest BCUT2D eigenvalue weighted by atomic mass is 17.1. The first-order valence-corrected chi connectivity index (χ1v) is 11.5. The van der Waals surface area contributed by atoms with Gasteiger partial charge in [-0.1, -0.05) is 123 Å². The van der Waals surface area contributed by atoms with Crippen LogP contribution in [0.15, 0.2) is 0 Å². The fourth-order valence-electron chi connectivity index (χ4n) is 3.58. The van der Waals surface area contributed by atoms with Gasteiger partial charge in [0.25, 0.3) is 0 Å². The van der Waals surface area contributed by atoms with Gasteiger partial charge in [-0.3, -0.25) is 0 Å². The summed E-state index contributed by atoms with van der Waals surface area (Å²) in [5, 5.41) is 26.5. The fraction of sp³-hybridized carbons (Fsp3) is 1.00. The number of quaternary nitrogens is 1. The molecule has 0 aromatic heterocycles. The van der Waals surface area contributed by atoms with Gasteiger partial charge in [-0.15, -0.1) is 15.6 Å². The van der Waals surface area contributed by atoms with Crippen LogP contribution in [-0.4, -0.2) is 27.1 Å². The molecule has 4 heteroatoms. The normalized spacial score (nSPS) is 13.3. The molecule has 0 amide bonds. The zero-order valence-electron chi connectivity index (χ0n) is 17.8. The Hall–Kier alpha value is -0.160. The molecule has 158 valence electrons. The summed E-state index contributed by atoms with van der Waals surface area (Å²) in [5.74, 6) is 0.436. The Morgan fingerprint density at radius 3 is 1.23 bits per heavy atom. The van der Waals surface area contributed by atoms with Gasteiger partial charge in [-0.2, -0.15) is 0 Å². The van der Waals surface area contributed by atoms with Crippen molar-refractivity contribution in [2.24, 2.45) is 5.92 Å². The maximum absolute atomic E-state index is 8.83. The molecule has 4 nitrogen and oxygen atoms in total. The largest absolute Gasteiger partial charge is 0.177 e. The van der Waals surface area contributed by atoms with Gasteiger partial charge < -0.3 is 0 Å². The third-order valence-corrected chi connectivity index (χ3v) is 5.47. The molecule has 0 aromatic carbocycles. The lowest BCUT2D eigenvalue weighted by Crippen LogP contribution is -2.38. The topological polar surface area (TPSA) is 60.7 Å². The van der Waals surface area contributed by atoms with Gasteiger partial charge in [-0.05, 0) is 5.92 Å². The molecule has 3 N–H and O–H groups in total. The second-order valence-corrected chi connectivity index (χ2v) is 8.40. The van der Waals surface area contributed by atoms with E-state index in [0.717, 1.165) is 6.42 Å². The molecule has 0 aliphatic heterocycles. The summed E-state index contributed by atoms with van der Waals surface area (Å²) in [6, 6.07) is 0. The third kappa shape index (κ3) is 21.9. The highest BCUT2D eigenvalue weighted by molar-refractivity contribution is 4.54. The van der Waals surface area contributed by atoms with Crippen molar-refractivity contribution in [2.75, 3.05) is 6.54 Å². The molecule has 0 aromatic rings. The first kappa shape index (κ1) is 25.8. The van der Waals surface area contributed by atoms with E-state index in [1.54, 1.807) is 0 Å². The monoisotopic (exact) mass is 374 g/mol. The summed E-state index contributed by atoms with van der Waals surface area (Å²) in [4.78, 5) is -1.89. The van der Waals surface area contributed by atoms with E-state index in [1.807, 2.05) is 0 Å².